The second kappa shape index (κ2) is 43.4. The van der Waals surface area contributed by atoms with E-state index in [1.165, 1.54) is 148 Å². The lowest BCUT2D eigenvalue weighted by molar-refractivity contribution is -0.333. The van der Waals surface area contributed by atoms with Gasteiger partial charge in [-0.1, -0.05) is 206 Å². The van der Waals surface area contributed by atoms with Crippen molar-refractivity contribution in [1.29, 1.82) is 0 Å². The van der Waals surface area contributed by atoms with Gasteiger partial charge in [0, 0.05) is 26.9 Å². The van der Waals surface area contributed by atoms with Crippen LogP contribution in [0.3, 0.4) is 0 Å². The van der Waals surface area contributed by atoms with Crippen LogP contribution in [-0.4, -0.2) is 170 Å². The number of carboxylic acids is 1. The zero-order valence-corrected chi connectivity index (χ0v) is 50.0. The number of methoxy groups -OCH3 is 1. The van der Waals surface area contributed by atoms with Gasteiger partial charge < -0.3 is 75.3 Å². The zero-order chi connectivity index (χ0) is 59.2. The number of carbonyl (C=O) groups is 3. The second-order valence-electron chi connectivity index (χ2n) is 22.4. The predicted octanol–water partition coefficient (Wildman–Crippen LogP) is 7.67. The maximum absolute atomic E-state index is 13.5. The normalized spacial score (nSPS) is 25.7. The first-order valence-electron chi connectivity index (χ1n) is 30.7. The minimum atomic E-state index is -5.31. The molecule has 11 N–H and O–H groups in total. The van der Waals surface area contributed by atoms with Gasteiger partial charge in [0.05, 0.1) is 44.1 Å². The number of phosphoric acid groups is 1. The summed E-state index contributed by atoms with van der Waals surface area (Å²) in [4.78, 5) is 48.9. The van der Waals surface area contributed by atoms with Gasteiger partial charge in [-0.05, 0) is 19.3 Å². The van der Waals surface area contributed by atoms with Crippen LogP contribution in [0.1, 0.15) is 233 Å². The molecule has 0 radical (unpaired) electrons. The van der Waals surface area contributed by atoms with Crippen molar-refractivity contribution in [2.45, 2.75) is 312 Å². The van der Waals surface area contributed by atoms with Crippen LogP contribution < -0.4 is 10.6 Å². The maximum Gasteiger partial charge on any atom is 0.474 e. The quantitative estimate of drug-likeness (QED) is 0.0158. The topological polar surface area (TPSA) is 330 Å². The minimum Gasteiger partial charge on any atom is -0.477 e. The van der Waals surface area contributed by atoms with Gasteiger partial charge in [-0.15, -0.1) is 0 Å². The molecule has 0 aromatic carbocycles. The average molecular weight is 1170 g/mol. The Hall–Kier alpha value is -2.18. The molecule has 2 fully saturated rings. The number of aliphatic hydroxyl groups is 7. The van der Waals surface area contributed by atoms with Crippen molar-refractivity contribution in [2.24, 2.45) is 0 Å². The fraction of sp³-hybridized carbons (Fsp3) is 0.914. The van der Waals surface area contributed by atoms with Gasteiger partial charge in [0.25, 0.3) is 5.79 Å². The van der Waals surface area contributed by atoms with Crippen LogP contribution in [0.15, 0.2) is 12.2 Å². The van der Waals surface area contributed by atoms with Crippen LogP contribution in [0.25, 0.3) is 0 Å². The molecule has 0 aromatic rings. The third kappa shape index (κ3) is 30.6. The fourth-order valence-corrected chi connectivity index (χ4v) is 11.1. The van der Waals surface area contributed by atoms with Crippen LogP contribution in [-0.2, 0) is 46.9 Å². The first-order valence-corrected chi connectivity index (χ1v) is 32.2. The molecule has 1 unspecified atom stereocenters. The number of unbranched alkanes of at least 4 members (excludes halogenated alkanes) is 29. The van der Waals surface area contributed by atoms with E-state index in [0.717, 1.165) is 58.3 Å². The van der Waals surface area contributed by atoms with Crippen LogP contribution in [0.5, 0.6) is 0 Å². The Kier molecular flexibility index (Phi) is 40.1. The molecule has 2 amide bonds. The highest BCUT2D eigenvalue weighted by molar-refractivity contribution is 7.47. The standard InChI is InChI=1S/C58H109N2O19P/c1-5-7-9-11-13-15-17-18-19-20-21-22-23-24-25-26-28-30-32-34-36-38-49(65)60-44(45(62)37-35-33-31-29-27-16-14-12-10-8-6-2)40-76-80(72,73)79-56-54(69)53(68)52(67)48(77-56)42-75-58(57(70)71)39-46(63)50(59-43(3)61)55(78-58)51(66)47(64)41-74-4/h35,37,44-48,50-56,62-64,66-69H,5-34,36,38-42H2,1-4H3,(H,59,61)(H,60,65)(H,70,71)(H,72,73)/b37-35+/t44-,45+,46-,47+,48+,50+,51+,52+,53-,54+,55+,56-,58+/m0/s1. The first-order chi connectivity index (χ1) is 38.3. The molecule has 22 heteroatoms. The number of hydrogen-bond acceptors (Lipinski definition) is 17. The lowest BCUT2D eigenvalue weighted by atomic mass is 9.88. The van der Waals surface area contributed by atoms with E-state index in [4.69, 9.17) is 28.0 Å². The number of phosphoric ester groups is 1. The third-order valence-electron chi connectivity index (χ3n) is 15.2. The molecule has 14 atom stereocenters. The van der Waals surface area contributed by atoms with Crippen LogP contribution in [0, 0.1) is 0 Å². The SMILES string of the molecule is CCCCCCCCCCC/C=C/[C@@H](O)[C@H](COP(=O)(O)O[C@@H]1O[C@H](CO[C@]2(C(=O)O)C[C@H](O)[C@@H](NC(C)=O)[C@H]([C@H](O)[C@H](O)COC)O2)[C@@H](O)[C@H](O)[C@H]1O)NC(=O)CCCCCCCCCCCCCCCCCCCCCCC. The number of nitrogens with one attached hydrogen (secondary N) is 2. The molecule has 2 rings (SSSR count). The summed E-state index contributed by atoms with van der Waals surface area (Å²) >= 11 is 0. The van der Waals surface area contributed by atoms with Gasteiger partial charge in [0.15, 0.2) is 6.29 Å². The molecule has 2 saturated heterocycles. The highest BCUT2D eigenvalue weighted by Gasteiger charge is 2.57. The summed E-state index contributed by atoms with van der Waals surface area (Å²) in [5.74, 6) is -5.81. The number of rotatable bonds is 49. The van der Waals surface area contributed by atoms with E-state index >= 15 is 0 Å². The minimum absolute atomic E-state index is 0.142. The molecule has 0 spiro atoms. The monoisotopic (exact) mass is 1170 g/mol. The lowest BCUT2D eigenvalue weighted by Crippen LogP contribution is -2.68. The van der Waals surface area contributed by atoms with Gasteiger partial charge in [-0.3, -0.25) is 18.6 Å². The van der Waals surface area contributed by atoms with E-state index in [-0.39, 0.29) is 6.42 Å². The molecule has 80 heavy (non-hydrogen) atoms. The average Bonchev–Trinajstić information content (AvgIpc) is 3.45. The van der Waals surface area contributed by atoms with Gasteiger partial charge in [-0.25, -0.2) is 9.36 Å². The summed E-state index contributed by atoms with van der Waals surface area (Å²) in [6.45, 7) is 3.31. The summed E-state index contributed by atoms with van der Waals surface area (Å²) in [7, 11) is -4.10. The Balaban J connectivity index is 1.97. The van der Waals surface area contributed by atoms with E-state index in [9.17, 15) is 64.7 Å². The highest BCUT2D eigenvalue weighted by atomic mass is 31.2. The van der Waals surface area contributed by atoms with E-state index in [1.54, 1.807) is 6.08 Å². The molecular weight excluding hydrogens is 1060 g/mol. The van der Waals surface area contributed by atoms with Crippen molar-refractivity contribution < 1.29 is 92.7 Å². The van der Waals surface area contributed by atoms with Crippen molar-refractivity contribution in [3.63, 3.8) is 0 Å². The molecule has 2 aliphatic rings. The molecule has 0 aliphatic carbocycles. The third-order valence-corrected chi connectivity index (χ3v) is 16.2. The molecule has 0 saturated carbocycles. The number of aliphatic hydroxyl groups excluding tert-OH is 7. The molecule has 2 heterocycles. The summed E-state index contributed by atoms with van der Waals surface area (Å²) in [5.41, 5.74) is 0. The number of ether oxygens (including phenoxy) is 4. The Morgan fingerprint density at radius 2 is 1.16 bits per heavy atom. The molecule has 0 aromatic heterocycles. The largest absolute Gasteiger partial charge is 0.477 e. The smallest absolute Gasteiger partial charge is 0.474 e. The summed E-state index contributed by atoms with van der Waals surface area (Å²) in [6, 6.07) is -2.68. The summed E-state index contributed by atoms with van der Waals surface area (Å²) < 4.78 is 45.5. The van der Waals surface area contributed by atoms with Crippen molar-refractivity contribution in [3.8, 4) is 0 Å². The van der Waals surface area contributed by atoms with Gasteiger partial charge in [0.2, 0.25) is 11.8 Å². The lowest BCUT2D eigenvalue weighted by Gasteiger charge is -2.47. The molecule has 0 bridgehead atoms. The van der Waals surface area contributed by atoms with E-state index < -0.39 is 131 Å². The Morgan fingerprint density at radius 1 is 0.688 bits per heavy atom. The van der Waals surface area contributed by atoms with Gasteiger partial charge in [-0.2, -0.15) is 0 Å². The Morgan fingerprint density at radius 3 is 1.62 bits per heavy atom. The van der Waals surface area contributed by atoms with E-state index in [2.05, 4.69) is 24.5 Å². The zero-order valence-electron chi connectivity index (χ0n) is 49.1. The first kappa shape index (κ1) is 73.9. The van der Waals surface area contributed by atoms with Crippen molar-refractivity contribution in [3.05, 3.63) is 12.2 Å². The molecule has 2 aliphatic heterocycles. The fourth-order valence-electron chi connectivity index (χ4n) is 10.3. The number of carboxylic acid groups (broad SMARTS) is 1. The number of allylic oxidation sites excluding steroid dienone is 1. The van der Waals surface area contributed by atoms with Crippen LogP contribution >= 0.6 is 7.82 Å². The highest BCUT2D eigenvalue weighted by Crippen LogP contribution is 2.47. The van der Waals surface area contributed by atoms with Gasteiger partial charge >= 0.3 is 13.8 Å². The van der Waals surface area contributed by atoms with E-state index in [0.29, 0.717) is 12.8 Å². The van der Waals surface area contributed by atoms with Crippen molar-refractivity contribution >= 4 is 25.6 Å². The van der Waals surface area contributed by atoms with Crippen molar-refractivity contribution in [1.82, 2.24) is 10.6 Å². The Bertz CT molecular complexity index is 1700. The van der Waals surface area contributed by atoms with Crippen LogP contribution in [0.4, 0.5) is 0 Å². The molecular formula is C58H109N2O19P. The Labute approximate surface area is 478 Å². The second-order valence-corrected chi connectivity index (χ2v) is 23.8. The maximum atomic E-state index is 13.5. The van der Waals surface area contributed by atoms with Crippen LogP contribution in [0.2, 0.25) is 0 Å². The van der Waals surface area contributed by atoms with Crippen molar-refractivity contribution in [2.75, 3.05) is 26.9 Å². The predicted molar refractivity (Wildman–Crippen MR) is 303 cm³/mol. The number of amides is 2. The van der Waals surface area contributed by atoms with E-state index in [1.807, 2.05) is 0 Å². The number of carbonyl (C=O) groups excluding carboxylic acids is 2. The number of aliphatic carboxylic acids is 1. The van der Waals surface area contributed by atoms with Gasteiger partial charge in [0.1, 0.15) is 42.7 Å². The summed E-state index contributed by atoms with van der Waals surface area (Å²) in [5, 5.41) is 91.6. The molecule has 470 valence electrons. The number of hydrogen-bond donors (Lipinski definition) is 11. The summed E-state index contributed by atoms with van der Waals surface area (Å²) in [6.07, 6.45) is 20.4. The molecule has 21 nitrogen and oxygen atoms in total.